The summed E-state index contributed by atoms with van der Waals surface area (Å²) in [5.41, 5.74) is 0.858. The normalized spacial score (nSPS) is 18.1. The van der Waals surface area contributed by atoms with Gasteiger partial charge in [-0.05, 0) is 6.07 Å². The Morgan fingerprint density at radius 3 is 2.80 bits per heavy atom. The summed E-state index contributed by atoms with van der Waals surface area (Å²) in [7, 11) is -3.61. The van der Waals surface area contributed by atoms with Crippen molar-refractivity contribution in [2.24, 2.45) is 0 Å². The third-order valence-electron chi connectivity index (χ3n) is 3.40. The number of non-ortho nitro benzene ring substituents is 1. The molecule has 1 aromatic carbocycles. The fourth-order valence-electron chi connectivity index (χ4n) is 2.39. The lowest BCUT2D eigenvalue weighted by molar-refractivity contribution is -0.384. The summed E-state index contributed by atoms with van der Waals surface area (Å²) in [5.74, 6) is 0. The van der Waals surface area contributed by atoms with Crippen LogP contribution in [0.15, 0.2) is 23.4 Å². The first-order valence-electron chi connectivity index (χ1n) is 6.10. The number of nitro benzene ring substituents is 1. The maximum Gasteiger partial charge on any atom is 0.277 e. The molecule has 8 nitrogen and oxygen atoms in total. The molecule has 0 radical (unpaired) electrons. The van der Waals surface area contributed by atoms with Gasteiger partial charge in [-0.25, -0.2) is 13.4 Å². The van der Waals surface area contributed by atoms with E-state index in [-0.39, 0.29) is 10.8 Å². The quantitative estimate of drug-likeness (QED) is 0.607. The molecule has 0 aliphatic carbocycles. The molecule has 1 aliphatic rings. The zero-order valence-electron chi connectivity index (χ0n) is 10.7. The topological polar surface area (TPSA) is 98.3 Å². The van der Waals surface area contributed by atoms with E-state index in [1.165, 1.54) is 27.1 Å². The molecular weight excluding hydrogens is 284 g/mol. The summed E-state index contributed by atoms with van der Waals surface area (Å²) in [4.78, 5) is 14.4. The Labute approximate surface area is 114 Å². The van der Waals surface area contributed by atoms with Crippen molar-refractivity contribution in [1.82, 2.24) is 13.9 Å². The van der Waals surface area contributed by atoms with Crippen molar-refractivity contribution in [2.75, 3.05) is 13.1 Å². The summed E-state index contributed by atoms with van der Waals surface area (Å²) in [6.45, 7) is 2.94. The van der Waals surface area contributed by atoms with Gasteiger partial charge in [-0.3, -0.25) is 10.1 Å². The van der Waals surface area contributed by atoms with Crippen LogP contribution in [0, 0.1) is 10.1 Å². The largest absolute Gasteiger partial charge is 0.312 e. The molecule has 0 atom stereocenters. The average molecular weight is 296 g/mol. The van der Waals surface area contributed by atoms with Crippen LogP contribution in [0.25, 0.3) is 11.0 Å². The van der Waals surface area contributed by atoms with Gasteiger partial charge in [-0.2, -0.15) is 4.31 Å². The van der Waals surface area contributed by atoms with E-state index in [1.807, 2.05) is 0 Å². The van der Waals surface area contributed by atoms with Crippen molar-refractivity contribution in [3.05, 3.63) is 28.3 Å². The maximum absolute atomic E-state index is 12.3. The minimum absolute atomic E-state index is 0.0407. The van der Waals surface area contributed by atoms with E-state index in [1.54, 1.807) is 6.92 Å². The van der Waals surface area contributed by atoms with E-state index < -0.39 is 14.9 Å². The zero-order chi connectivity index (χ0) is 14.5. The fraction of sp³-hybridized carbons (Fsp3) is 0.364. The molecule has 9 heteroatoms. The van der Waals surface area contributed by atoms with Crippen molar-refractivity contribution in [3.8, 4) is 0 Å². The van der Waals surface area contributed by atoms with Gasteiger partial charge in [0.1, 0.15) is 0 Å². The van der Waals surface area contributed by atoms with Gasteiger partial charge < -0.3 is 4.57 Å². The highest BCUT2D eigenvalue weighted by Crippen LogP contribution is 2.28. The van der Waals surface area contributed by atoms with Gasteiger partial charge in [0, 0.05) is 31.8 Å². The molecule has 106 valence electrons. The number of rotatable bonds is 2. The summed E-state index contributed by atoms with van der Waals surface area (Å²) in [6.07, 6.45) is 0. The van der Waals surface area contributed by atoms with Crippen LogP contribution in [-0.4, -0.2) is 40.3 Å². The van der Waals surface area contributed by atoms with E-state index in [0.717, 1.165) is 0 Å². The Morgan fingerprint density at radius 1 is 1.40 bits per heavy atom. The molecule has 3 rings (SSSR count). The standard InChI is InChI=1S/C11H12N4O4S/c1-2-13-5-6-14-10-7-8(15(16)17)3-4-9(10)12-11(14)20(13,18)19/h3-4,7H,2,5-6H2,1H3. The molecule has 0 bridgehead atoms. The number of hydrogen-bond donors (Lipinski definition) is 0. The van der Waals surface area contributed by atoms with E-state index in [0.29, 0.717) is 30.7 Å². The highest BCUT2D eigenvalue weighted by molar-refractivity contribution is 7.89. The van der Waals surface area contributed by atoms with Crippen LogP contribution in [-0.2, 0) is 16.6 Å². The lowest BCUT2D eigenvalue weighted by atomic mass is 10.3. The van der Waals surface area contributed by atoms with Crippen LogP contribution in [0.5, 0.6) is 0 Å². The van der Waals surface area contributed by atoms with Crippen LogP contribution >= 0.6 is 0 Å². The van der Waals surface area contributed by atoms with Crippen molar-refractivity contribution < 1.29 is 13.3 Å². The molecule has 0 amide bonds. The number of sulfonamides is 1. The van der Waals surface area contributed by atoms with Crippen LogP contribution < -0.4 is 0 Å². The van der Waals surface area contributed by atoms with Crippen LogP contribution in [0.2, 0.25) is 0 Å². The smallest absolute Gasteiger partial charge is 0.277 e. The molecule has 1 aromatic heterocycles. The molecule has 2 heterocycles. The predicted octanol–water partition coefficient (Wildman–Crippen LogP) is 0.969. The first-order chi connectivity index (χ1) is 9.45. The van der Waals surface area contributed by atoms with Crippen LogP contribution in [0.3, 0.4) is 0 Å². The number of aromatic nitrogens is 2. The average Bonchev–Trinajstić information content (AvgIpc) is 2.78. The van der Waals surface area contributed by atoms with E-state index in [9.17, 15) is 18.5 Å². The Morgan fingerprint density at radius 2 is 2.15 bits per heavy atom. The van der Waals surface area contributed by atoms with Crippen molar-refractivity contribution in [1.29, 1.82) is 0 Å². The number of imidazole rings is 1. The molecule has 0 N–H and O–H groups in total. The number of fused-ring (bicyclic) bond motifs is 3. The Hall–Kier alpha value is -2.00. The molecule has 0 saturated heterocycles. The molecule has 0 saturated carbocycles. The summed E-state index contributed by atoms with van der Waals surface area (Å²) in [6, 6.07) is 4.17. The van der Waals surface area contributed by atoms with Gasteiger partial charge in [0.15, 0.2) is 0 Å². The summed E-state index contributed by atoms with van der Waals surface area (Å²) < 4.78 is 27.5. The first-order valence-corrected chi connectivity index (χ1v) is 7.54. The minimum atomic E-state index is -3.61. The SMILES string of the molecule is CCN1CCn2c(nc3ccc([N+](=O)[O-])cc32)S1(=O)=O. The molecule has 0 fully saturated rings. The van der Waals surface area contributed by atoms with Gasteiger partial charge in [-0.15, -0.1) is 0 Å². The maximum atomic E-state index is 12.3. The first kappa shape index (κ1) is 13.0. The highest BCUT2D eigenvalue weighted by Gasteiger charge is 2.34. The van der Waals surface area contributed by atoms with Gasteiger partial charge in [0.05, 0.1) is 16.0 Å². The number of benzene rings is 1. The molecule has 0 unspecified atom stereocenters. The van der Waals surface area contributed by atoms with Gasteiger partial charge in [0.2, 0.25) is 5.16 Å². The molecule has 20 heavy (non-hydrogen) atoms. The molecule has 2 aromatic rings. The third-order valence-corrected chi connectivity index (χ3v) is 5.30. The van der Waals surface area contributed by atoms with Crippen LogP contribution in [0.4, 0.5) is 5.69 Å². The summed E-state index contributed by atoms with van der Waals surface area (Å²) in [5, 5.41) is 10.8. The monoisotopic (exact) mass is 296 g/mol. The lowest BCUT2D eigenvalue weighted by Gasteiger charge is -2.25. The lowest BCUT2D eigenvalue weighted by Crippen LogP contribution is -2.39. The predicted molar refractivity (Wildman–Crippen MR) is 70.8 cm³/mol. The number of likely N-dealkylation sites (N-methyl/N-ethyl adjacent to an activating group) is 1. The Balaban J connectivity index is 2.27. The summed E-state index contributed by atoms with van der Waals surface area (Å²) >= 11 is 0. The van der Waals surface area contributed by atoms with E-state index in [2.05, 4.69) is 4.98 Å². The van der Waals surface area contributed by atoms with E-state index in [4.69, 9.17) is 0 Å². The van der Waals surface area contributed by atoms with Crippen LogP contribution in [0.1, 0.15) is 6.92 Å². The van der Waals surface area contributed by atoms with Crippen molar-refractivity contribution in [3.63, 3.8) is 0 Å². The molecule has 0 spiro atoms. The Bertz CT molecular complexity index is 811. The minimum Gasteiger partial charge on any atom is -0.312 e. The second-order valence-electron chi connectivity index (χ2n) is 4.47. The van der Waals surface area contributed by atoms with Gasteiger partial charge >= 0.3 is 0 Å². The number of nitro groups is 1. The fourth-order valence-corrected chi connectivity index (χ4v) is 3.97. The number of hydrogen-bond acceptors (Lipinski definition) is 5. The second kappa shape index (κ2) is 4.25. The van der Waals surface area contributed by atoms with Gasteiger partial charge in [0.25, 0.3) is 15.7 Å². The molecular formula is C11H12N4O4S. The number of nitrogens with zero attached hydrogens (tertiary/aromatic N) is 4. The zero-order valence-corrected chi connectivity index (χ0v) is 11.5. The molecule has 1 aliphatic heterocycles. The Kier molecular flexibility index (Phi) is 2.76. The van der Waals surface area contributed by atoms with E-state index >= 15 is 0 Å². The van der Waals surface area contributed by atoms with Gasteiger partial charge in [-0.1, -0.05) is 6.92 Å². The highest BCUT2D eigenvalue weighted by atomic mass is 32.2. The third kappa shape index (κ3) is 1.70. The van der Waals surface area contributed by atoms with Crippen molar-refractivity contribution >= 4 is 26.7 Å². The second-order valence-corrected chi connectivity index (χ2v) is 6.30. The van der Waals surface area contributed by atoms with Crippen molar-refractivity contribution in [2.45, 2.75) is 18.6 Å².